The van der Waals surface area contributed by atoms with Gasteiger partial charge in [0.15, 0.2) is 5.78 Å². The molecular weight excluding hydrogens is 196 g/mol. The second-order valence-corrected chi connectivity index (χ2v) is 4.12. The number of carbonyl (C=O) groups is 1. The molecule has 0 heterocycles. The van der Waals surface area contributed by atoms with Crippen LogP contribution in [0.2, 0.25) is 0 Å². The zero-order chi connectivity index (χ0) is 9.97. The molecule has 74 valence electrons. The summed E-state index contributed by atoms with van der Waals surface area (Å²) in [5.74, 6) is 1.39. The van der Waals surface area contributed by atoms with E-state index in [4.69, 9.17) is 11.6 Å². The maximum Gasteiger partial charge on any atom is 0.163 e. The van der Waals surface area contributed by atoms with Crippen molar-refractivity contribution >= 4 is 17.4 Å². The van der Waals surface area contributed by atoms with E-state index in [2.05, 4.69) is 6.07 Å². The molecule has 0 aromatic heterocycles. The van der Waals surface area contributed by atoms with Crippen molar-refractivity contribution in [2.45, 2.75) is 25.2 Å². The highest BCUT2D eigenvalue weighted by molar-refractivity contribution is 6.17. The first-order valence-corrected chi connectivity index (χ1v) is 5.54. The predicted octanol–water partition coefficient (Wildman–Crippen LogP) is 3.38. The van der Waals surface area contributed by atoms with Crippen LogP contribution >= 0.6 is 11.6 Å². The van der Waals surface area contributed by atoms with Crippen molar-refractivity contribution in [2.75, 3.05) is 5.88 Å². The average molecular weight is 209 g/mol. The van der Waals surface area contributed by atoms with E-state index in [1.54, 1.807) is 0 Å². The number of Topliss-reactive ketones (excluding diaryl/α,β-unsaturated/α-hetero) is 1. The van der Waals surface area contributed by atoms with E-state index in [1.807, 2.05) is 18.2 Å². The number of carbonyl (C=O) groups excluding carboxylic acids is 1. The Kier molecular flexibility index (Phi) is 2.87. The molecule has 2 heteroatoms. The van der Waals surface area contributed by atoms with Gasteiger partial charge in [-0.15, -0.1) is 11.6 Å². The van der Waals surface area contributed by atoms with Crippen LogP contribution in [0.5, 0.6) is 0 Å². The van der Waals surface area contributed by atoms with Gasteiger partial charge < -0.3 is 0 Å². The van der Waals surface area contributed by atoms with Crippen LogP contribution < -0.4 is 0 Å². The molecule has 1 aliphatic carbocycles. The second-order valence-electron chi connectivity index (χ2n) is 3.74. The summed E-state index contributed by atoms with van der Waals surface area (Å²) in [5.41, 5.74) is 2.15. The van der Waals surface area contributed by atoms with Gasteiger partial charge in [-0.25, -0.2) is 0 Å². The number of ketones is 1. The highest BCUT2D eigenvalue weighted by atomic mass is 35.5. The van der Waals surface area contributed by atoms with Crippen LogP contribution in [0.4, 0.5) is 0 Å². The minimum Gasteiger partial charge on any atom is -0.294 e. The lowest BCUT2D eigenvalue weighted by molar-refractivity contribution is 0.0988. The SMILES string of the molecule is O=C1CC(CCCCl)c2ccccc21. The van der Waals surface area contributed by atoms with Crippen molar-refractivity contribution in [3.05, 3.63) is 35.4 Å². The third-order valence-corrected chi connectivity index (χ3v) is 3.09. The Morgan fingerprint density at radius 2 is 2.14 bits per heavy atom. The third-order valence-electron chi connectivity index (χ3n) is 2.82. The van der Waals surface area contributed by atoms with E-state index in [9.17, 15) is 4.79 Å². The maximum absolute atomic E-state index is 11.6. The monoisotopic (exact) mass is 208 g/mol. The summed E-state index contributed by atoms with van der Waals surface area (Å²) in [6.07, 6.45) is 2.70. The molecule has 1 aromatic carbocycles. The highest BCUT2D eigenvalue weighted by Gasteiger charge is 2.27. The zero-order valence-electron chi connectivity index (χ0n) is 8.00. The van der Waals surface area contributed by atoms with Crippen molar-refractivity contribution in [1.82, 2.24) is 0 Å². The molecule has 0 saturated carbocycles. The molecule has 0 radical (unpaired) electrons. The van der Waals surface area contributed by atoms with Crippen molar-refractivity contribution in [1.29, 1.82) is 0 Å². The summed E-state index contributed by atoms with van der Waals surface area (Å²) >= 11 is 5.66. The van der Waals surface area contributed by atoms with Crippen LogP contribution in [0.25, 0.3) is 0 Å². The van der Waals surface area contributed by atoms with Crippen LogP contribution in [-0.2, 0) is 0 Å². The molecule has 1 aromatic rings. The number of halogens is 1. The van der Waals surface area contributed by atoms with Gasteiger partial charge in [0.25, 0.3) is 0 Å². The van der Waals surface area contributed by atoms with Crippen LogP contribution in [0.3, 0.4) is 0 Å². The summed E-state index contributed by atoms with van der Waals surface area (Å²) in [6.45, 7) is 0. The number of fused-ring (bicyclic) bond motifs is 1. The van der Waals surface area contributed by atoms with Crippen molar-refractivity contribution in [2.24, 2.45) is 0 Å². The lowest BCUT2D eigenvalue weighted by Gasteiger charge is -2.08. The minimum atomic E-state index is 0.292. The van der Waals surface area contributed by atoms with Gasteiger partial charge in [-0.2, -0.15) is 0 Å². The van der Waals surface area contributed by atoms with Crippen molar-refractivity contribution in [3.63, 3.8) is 0 Å². The van der Waals surface area contributed by atoms with Gasteiger partial charge in [0, 0.05) is 17.9 Å². The van der Waals surface area contributed by atoms with Gasteiger partial charge in [0.1, 0.15) is 0 Å². The molecule has 0 amide bonds. The number of hydrogen-bond donors (Lipinski definition) is 0. The normalized spacial score (nSPS) is 19.8. The van der Waals surface area contributed by atoms with E-state index in [1.165, 1.54) is 5.56 Å². The fraction of sp³-hybridized carbons (Fsp3) is 0.417. The van der Waals surface area contributed by atoms with E-state index < -0.39 is 0 Å². The van der Waals surface area contributed by atoms with Crippen molar-refractivity contribution < 1.29 is 4.79 Å². The molecule has 1 unspecified atom stereocenters. The zero-order valence-corrected chi connectivity index (χ0v) is 8.76. The topological polar surface area (TPSA) is 17.1 Å². The number of rotatable bonds is 3. The predicted molar refractivity (Wildman–Crippen MR) is 58.1 cm³/mol. The summed E-state index contributed by atoms with van der Waals surface area (Å²) in [4.78, 5) is 11.6. The molecule has 1 atom stereocenters. The summed E-state index contributed by atoms with van der Waals surface area (Å²) in [7, 11) is 0. The fourth-order valence-corrected chi connectivity index (χ4v) is 2.29. The van der Waals surface area contributed by atoms with Crippen LogP contribution in [0.15, 0.2) is 24.3 Å². The van der Waals surface area contributed by atoms with Gasteiger partial charge >= 0.3 is 0 Å². The first kappa shape index (κ1) is 9.72. The maximum atomic E-state index is 11.6. The second kappa shape index (κ2) is 4.14. The molecule has 0 N–H and O–H groups in total. The minimum absolute atomic E-state index is 0.292. The Hall–Kier alpha value is -0.820. The van der Waals surface area contributed by atoms with E-state index >= 15 is 0 Å². The average Bonchev–Trinajstić information content (AvgIpc) is 2.54. The van der Waals surface area contributed by atoms with Gasteiger partial charge in [-0.3, -0.25) is 4.79 Å². The molecule has 1 nitrogen and oxygen atoms in total. The Labute approximate surface area is 89.1 Å². The van der Waals surface area contributed by atoms with Crippen LogP contribution in [-0.4, -0.2) is 11.7 Å². The quantitative estimate of drug-likeness (QED) is 0.696. The number of alkyl halides is 1. The number of hydrogen-bond acceptors (Lipinski definition) is 1. The highest BCUT2D eigenvalue weighted by Crippen LogP contribution is 2.35. The summed E-state index contributed by atoms with van der Waals surface area (Å²) in [6, 6.07) is 7.93. The Morgan fingerprint density at radius 3 is 2.93 bits per heavy atom. The third kappa shape index (κ3) is 1.69. The van der Waals surface area contributed by atoms with E-state index in [0.717, 1.165) is 18.4 Å². The standard InChI is InChI=1S/C12H13ClO/c13-7-3-4-9-8-12(14)11-6-2-1-5-10(9)11/h1-2,5-6,9H,3-4,7-8H2. The molecule has 0 saturated heterocycles. The molecule has 0 fully saturated rings. The smallest absolute Gasteiger partial charge is 0.163 e. The molecule has 14 heavy (non-hydrogen) atoms. The van der Waals surface area contributed by atoms with E-state index in [0.29, 0.717) is 24.0 Å². The van der Waals surface area contributed by atoms with Gasteiger partial charge in [-0.05, 0) is 24.3 Å². The molecule has 1 aliphatic rings. The number of benzene rings is 1. The lowest BCUT2D eigenvalue weighted by atomic mass is 9.97. The lowest BCUT2D eigenvalue weighted by Crippen LogP contribution is -1.94. The van der Waals surface area contributed by atoms with Crippen LogP contribution in [0.1, 0.15) is 41.1 Å². The molecular formula is C12H13ClO. The largest absolute Gasteiger partial charge is 0.294 e. The molecule has 0 spiro atoms. The molecule has 0 aliphatic heterocycles. The summed E-state index contributed by atoms with van der Waals surface area (Å²) < 4.78 is 0. The Bertz CT molecular complexity index is 346. The first-order chi connectivity index (χ1) is 6.83. The molecule has 0 bridgehead atoms. The fourth-order valence-electron chi connectivity index (χ4n) is 2.13. The van der Waals surface area contributed by atoms with Crippen LogP contribution in [0, 0.1) is 0 Å². The Balaban J connectivity index is 2.21. The van der Waals surface area contributed by atoms with Gasteiger partial charge in [0.05, 0.1) is 0 Å². The van der Waals surface area contributed by atoms with Gasteiger partial charge in [-0.1, -0.05) is 24.3 Å². The first-order valence-electron chi connectivity index (χ1n) is 5.01. The summed E-state index contributed by atoms with van der Waals surface area (Å²) in [5, 5.41) is 0. The van der Waals surface area contributed by atoms with Gasteiger partial charge in [0.2, 0.25) is 0 Å². The van der Waals surface area contributed by atoms with Crippen molar-refractivity contribution in [3.8, 4) is 0 Å². The van der Waals surface area contributed by atoms with E-state index in [-0.39, 0.29) is 0 Å². The Morgan fingerprint density at radius 1 is 1.36 bits per heavy atom. The molecule has 2 rings (SSSR count).